The fourth-order valence-electron chi connectivity index (χ4n) is 2.80. The zero-order chi connectivity index (χ0) is 19.7. The van der Waals surface area contributed by atoms with Gasteiger partial charge in [0.05, 0.1) is 11.4 Å². The summed E-state index contributed by atoms with van der Waals surface area (Å²) in [4.78, 5) is 31.0. The van der Waals surface area contributed by atoms with Crippen LogP contribution >= 0.6 is 0 Å². The highest BCUT2D eigenvalue weighted by Gasteiger charge is 2.20. The van der Waals surface area contributed by atoms with Crippen LogP contribution in [0.3, 0.4) is 0 Å². The number of carbonyl (C=O) groups excluding carboxylic acids is 1. The second-order valence-electron chi connectivity index (χ2n) is 6.01. The van der Waals surface area contributed by atoms with E-state index in [0.717, 1.165) is 6.21 Å². The predicted molar refractivity (Wildman–Crippen MR) is 101 cm³/mol. The van der Waals surface area contributed by atoms with Gasteiger partial charge in [-0.15, -0.1) is 0 Å². The Morgan fingerprint density at radius 3 is 3.00 bits per heavy atom. The van der Waals surface area contributed by atoms with Crippen LogP contribution in [0.4, 0.5) is 5.82 Å². The number of anilines is 1. The number of hydrogen-bond acceptors (Lipinski definition) is 8. The molecule has 4 heterocycles. The number of fused-ring (bicyclic) bond motifs is 1. The first-order chi connectivity index (χ1) is 13.6. The Balaban J connectivity index is 1.54. The summed E-state index contributed by atoms with van der Waals surface area (Å²) in [6.45, 7) is 1.78. The molecule has 11 nitrogen and oxygen atoms in total. The van der Waals surface area contributed by atoms with Crippen LogP contribution in [0.1, 0.15) is 34.9 Å². The molecule has 11 heteroatoms. The summed E-state index contributed by atoms with van der Waals surface area (Å²) >= 11 is 0. The number of imidazole rings is 1. The fraction of sp³-hybridized carbons (Fsp3) is 0.176. The minimum Gasteiger partial charge on any atom is -0.371 e. The van der Waals surface area contributed by atoms with Gasteiger partial charge in [0.15, 0.2) is 17.4 Å². The third-order valence-corrected chi connectivity index (χ3v) is 4.23. The molecule has 0 spiro atoms. The smallest absolute Gasteiger partial charge is 0.271 e. The molecule has 4 rings (SSSR count). The van der Waals surface area contributed by atoms with Gasteiger partial charge in [-0.25, -0.2) is 15.0 Å². The monoisotopic (exact) mass is 379 g/mol. The van der Waals surface area contributed by atoms with E-state index in [9.17, 15) is 4.79 Å². The first kappa shape index (κ1) is 17.4. The lowest BCUT2D eigenvalue weighted by molar-refractivity contribution is 0.0930. The minimum absolute atomic E-state index is 0.276. The molecule has 28 heavy (non-hydrogen) atoms. The lowest BCUT2D eigenvalue weighted by atomic mass is 10.2. The summed E-state index contributed by atoms with van der Waals surface area (Å²) in [5.74, 6) is 1.11. The SMILES string of the molecule is CNc1nc(-c2cc([C@@H](C)NC(=O)c3ncnc4[nH]ccc34)on2)[nH]c1C=N. The molecule has 1 amide bonds. The lowest BCUT2D eigenvalue weighted by Crippen LogP contribution is -2.27. The van der Waals surface area contributed by atoms with Gasteiger partial charge in [0, 0.05) is 25.5 Å². The van der Waals surface area contributed by atoms with Crippen molar-refractivity contribution in [1.29, 1.82) is 5.41 Å². The Labute approximate surface area is 158 Å². The second kappa shape index (κ2) is 6.95. The Hall–Kier alpha value is -4.02. The van der Waals surface area contributed by atoms with E-state index in [1.165, 1.54) is 6.33 Å². The topological polar surface area (TPSA) is 161 Å². The zero-order valence-corrected chi connectivity index (χ0v) is 15.1. The van der Waals surface area contributed by atoms with Crippen molar-refractivity contribution in [2.24, 2.45) is 0 Å². The minimum atomic E-state index is -0.446. The van der Waals surface area contributed by atoms with E-state index < -0.39 is 6.04 Å². The summed E-state index contributed by atoms with van der Waals surface area (Å²) in [7, 11) is 1.72. The maximum Gasteiger partial charge on any atom is 0.271 e. The first-order valence-electron chi connectivity index (χ1n) is 8.45. The summed E-state index contributed by atoms with van der Waals surface area (Å²) in [5.41, 5.74) is 1.87. The molecule has 0 saturated heterocycles. The third kappa shape index (κ3) is 2.98. The predicted octanol–water partition coefficient (Wildman–Crippen LogP) is 1.87. The molecule has 1 atom stereocenters. The summed E-state index contributed by atoms with van der Waals surface area (Å²) in [6, 6.07) is 2.99. The van der Waals surface area contributed by atoms with Gasteiger partial charge < -0.3 is 30.5 Å². The van der Waals surface area contributed by atoms with Gasteiger partial charge in [0.1, 0.15) is 29.1 Å². The van der Waals surface area contributed by atoms with E-state index >= 15 is 0 Å². The summed E-state index contributed by atoms with van der Waals surface area (Å²) < 4.78 is 5.37. The molecule has 0 unspecified atom stereocenters. The summed E-state index contributed by atoms with van der Waals surface area (Å²) in [5, 5.41) is 17.8. The number of nitrogens with one attached hydrogen (secondary N) is 5. The van der Waals surface area contributed by atoms with Gasteiger partial charge in [-0.05, 0) is 13.0 Å². The zero-order valence-electron chi connectivity index (χ0n) is 15.1. The number of carbonyl (C=O) groups is 1. The van der Waals surface area contributed by atoms with Crippen LogP contribution in [-0.4, -0.2) is 49.2 Å². The highest BCUT2D eigenvalue weighted by Crippen LogP contribution is 2.23. The van der Waals surface area contributed by atoms with Gasteiger partial charge >= 0.3 is 0 Å². The van der Waals surface area contributed by atoms with E-state index in [1.54, 1.807) is 32.3 Å². The standard InChI is InChI=1S/C17H17N9O2/c1-8(23-17(27)13-9-3-4-20-14(9)22-7-21-13)12-5-10(26-28-12)16-24-11(6-18)15(19-2)25-16/h3-8,18-19H,1-2H3,(H,23,27)(H,24,25)(H,20,21,22)/t8-/m1/s1. The van der Waals surface area contributed by atoms with E-state index in [4.69, 9.17) is 9.93 Å². The third-order valence-electron chi connectivity index (χ3n) is 4.23. The van der Waals surface area contributed by atoms with Crippen LogP contribution in [0.15, 0.2) is 29.2 Å². The Morgan fingerprint density at radius 2 is 2.25 bits per heavy atom. The average molecular weight is 379 g/mol. The van der Waals surface area contributed by atoms with Crippen LogP contribution in [0.2, 0.25) is 0 Å². The van der Waals surface area contributed by atoms with Crippen LogP contribution in [0, 0.1) is 5.41 Å². The molecular formula is C17H17N9O2. The van der Waals surface area contributed by atoms with Gasteiger partial charge in [0.2, 0.25) is 0 Å². The van der Waals surface area contributed by atoms with Crippen molar-refractivity contribution in [3.63, 3.8) is 0 Å². The maximum atomic E-state index is 12.6. The highest BCUT2D eigenvalue weighted by molar-refractivity contribution is 6.03. The molecule has 4 aromatic rings. The molecule has 4 aromatic heterocycles. The van der Waals surface area contributed by atoms with E-state index in [1.807, 2.05) is 0 Å². The molecule has 0 aromatic carbocycles. The number of H-pyrrole nitrogens is 2. The van der Waals surface area contributed by atoms with Crippen molar-refractivity contribution in [3.05, 3.63) is 41.8 Å². The Kier molecular flexibility index (Phi) is 4.32. The van der Waals surface area contributed by atoms with Crippen molar-refractivity contribution in [1.82, 2.24) is 35.4 Å². The first-order valence-corrected chi connectivity index (χ1v) is 8.45. The number of hydrogen-bond donors (Lipinski definition) is 5. The summed E-state index contributed by atoms with van der Waals surface area (Å²) in [6.07, 6.45) is 4.20. The molecule has 0 aliphatic carbocycles. The number of aromatic nitrogens is 6. The van der Waals surface area contributed by atoms with Crippen molar-refractivity contribution in [2.75, 3.05) is 12.4 Å². The molecule has 142 valence electrons. The quantitative estimate of drug-likeness (QED) is 0.319. The van der Waals surface area contributed by atoms with E-state index in [-0.39, 0.29) is 11.6 Å². The van der Waals surface area contributed by atoms with E-state index in [2.05, 4.69) is 40.7 Å². The molecule has 0 bridgehead atoms. The van der Waals surface area contributed by atoms with Gasteiger partial charge in [-0.3, -0.25) is 4.79 Å². The lowest BCUT2D eigenvalue weighted by Gasteiger charge is -2.10. The normalized spacial score (nSPS) is 12.1. The van der Waals surface area contributed by atoms with Crippen molar-refractivity contribution >= 4 is 29.0 Å². The highest BCUT2D eigenvalue weighted by atomic mass is 16.5. The van der Waals surface area contributed by atoms with Crippen LogP contribution < -0.4 is 10.6 Å². The number of aromatic amines is 2. The Bertz CT molecular complexity index is 1160. The molecule has 0 aliphatic rings. The molecule has 5 N–H and O–H groups in total. The Morgan fingerprint density at radius 1 is 1.39 bits per heavy atom. The molecule has 0 aliphatic heterocycles. The van der Waals surface area contributed by atoms with Crippen LogP contribution in [0.5, 0.6) is 0 Å². The van der Waals surface area contributed by atoms with Crippen LogP contribution in [-0.2, 0) is 0 Å². The molecule has 0 fully saturated rings. The van der Waals surface area contributed by atoms with Crippen molar-refractivity contribution < 1.29 is 9.32 Å². The number of rotatable bonds is 6. The van der Waals surface area contributed by atoms with Crippen molar-refractivity contribution in [2.45, 2.75) is 13.0 Å². The fourth-order valence-corrected chi connectivity index (χ4v) is 2.80. The molecular weight excluding hydrogens is 362 g/mol. The molecule has 0 saturated carbocycles. The second-order valence-corrected chi connectivity index (χ2v) is 6.01. The largest absolute Gasteiger partial charge is 0.371 e. The van der Waals surface area contributed by atoms with Crippen LogP contribution in [0.25, 0.3) is 22.6 Å². The van der Waals surface area contributed by atoms with Gasteiger partial charge in [0.25, 0.3) is 5.91 Å². The van der Waals surface area contributed by atoms with E-state index in [0.29, 0.717) is 39.8 Å². The maximum absolute atomic E-state index is 12.6. The van der Waals surface area contributed by atoms with Gasteiger partial charge in [-0.1, -0.05) is 5.16 Å². The average Bonchev–Trinajstić information content (AvgIpc) is 3.45. The van der Waals surface area contributed by atoms with Gasteiger partial charge in [-0.2, -0.15) is 0 Å². The number of amides is 1. The molecule has 0 radical (unpaired) electrons. The number of nitrogens with zero attached hydrogens (tertiary/aromatic N) is 4. The van der Waals surface area contributed by atoms with Crippen molar-refractivity contribution in [3.8, 4) is 11.5 Å².